The van der Waals surface area contributed by atoms with Crippen LogP contribution in [0.4, 0.5) is 10.3 Å². The van der Waals surface area contributed by atoms with Gasteiger partial charge in [0, 0.05) is 32.1 Å². The van der Waals surface area contributed by atoms with Crippen molar-refractivity contribution in [3.8, 4) is 11.5 Å². The van der Waals surface area contributed by atoms with E-state index in [0.29, 0.717) is 19.0 Å². The van der Waals surface area contributed by atoms with Crippen LogP contribution in [0.2, 0.25) is 0 Å². The molecule has 1 N–H and O–H groups in total. The Morgan fingerprint density at radius 3 is 2.16 bits per heavy atom. The second kappa shape index (κ2) is 17.1. The van der Waals surface area contributed by atoms with Gasteiger partial charge in [0.25, 0.3) is 0 Å². The van der Waals surface area contributed by atoms with Crippen LogP contribution in [0.25, 0.3) is 21.8 Å². The van der Waals surface area contributed by atoms with Gasteiger partial charge in [-0.3, -0.25) is 0 Å². The molecule has 8 heteroatoms. The van der Waals surface area contributed by atoms with Crippen molar-refractivity contribution in [3.05, 3.63) is 132 Å². The molecular formula is C43H47FN4O3. The van der Waals surface area contributed by atoms with Gasteiger partial charge in [-0.15, -0.1) is 0 Å². The van der Waals surface area contributed by atoms with Crippen LogP contribution in [0, 0.1) is 5.82 Å². The first-order valence-electron chi connectivity index (χ1n) is 17.7. The van der Waals surface area contributed by atoms with E-state index < -0.39 is 0 Å². The van der Waals surface area contributed by atoms with Gasteiger partial charge >= 0.3 is 0 Å². The molecular weight excluding hydrogens is 639 g/mol. The molecule has 0 bridgehead atoms. The summed E-state index contributed by atoms with van der Waals surface area (Å²) in [6.45, 7) is 5.51. The molecule has 0 aliphatic carbocycles. The van der Waals surface area contributed by atoms with E-state index in [1.165, 1.54) is 28.6 Å². The van der Waals surface area contributed by atoms with Crippen LogP contribution in [-0.2, 0) is 24.2 Å². The number of nitrogens with zero attached hydrogens (tertiary/aromatic N) is 3. The summed E-state index contributed by atoms with van der Waals surface area (Å²) in [5.74, 6) is 2.69. The van der Waals surface area contributed by atoms with Crippen LogP contribution in [0.1, 0.15) is 42.9 Å². The van der Waals surface area contributed by atoms with Gasteiger partial charge < -0.3 is 29.1 Å². The molecule has 0 amide bonds. The number of nitrogens with one attached hydrogen (secondary N) is 1. The Morgan fingerprint density at radius 2 is 1.43 bits per heavy atom. The maximum Gasteiger partial charge on any atom is 0.204 e. The molecule has 0 spiro atoms. The van der Waals surface area contributed by atoms with Crippen LogP contribution >= 0.6 is 0 Å². The van der Waals surface area contributed by atoms with Crippen molar-refractivity contribution in [2.75, 3.05) is 39.2 Å². The van der Waals surface area contributed by atoms with Crippen LogP contribution in [0.15, 0.2) is 109 Å². The van der Waals surface area contributed by atoms with Crippen LogP contribution in [0.5, 0.6) is 11.5 Å². The number of para-hydroxylation sites is 2. The van der Waals surface area contributed by atoms with E-state index in [0.717, 1.165) is 84.7 Å². The number of Topliss-reactive ketones (excluding diaryl/α,β-unsaturated/α-hetero) is 1. The topological polar surface area (TPSA) is 68.6 Å². The summed E-state index contributed by atoms with van der Waals surface area (Å²) < 4.78 is 26.0. The lowest BCUT2D eigenvalue weighted by atomic mass is 10.0. The minimum atomic E-state index is -0.212. The Kier molecular flexibility index (Phi) is 12.0. The Hall–Kier alpha value is -5.21. The molecule has 1 aliphatic rings. The third-order valence-electron chi connectivity index (χ3n) is 9.58. The zero-order valence-corrected chi connectivity index (χ0v) is 29.8. The maximum atomic E-state index is 13.4. The van der Waals surface area contributed by atoms with Crippen molar-refractivity contribution in [2.45, 2.75) is 51.6 Å². The summed E-state index contributed by atoms with van der Waals surface area (Å²) in [6, 6.07) is 36.0. The number of methoxy groups -OCH3 is 2. The number of aryl methyl sites for hydroxylation is 1. The molecule has 0 atom stereocenters. The van der Waals surface area contributed by atoms with Crippen molar-refractivity contribution in [1.29, 1.82) is 0 Å². The molecule has 1 saturated heterocycles. The molecule has 0 radical (unpaired) electrons. The molecule has 6 aromatic rings. The van der Waals surface area contributed by atoms with Gasteiger partial charge in [-0.2, -0.15) is 0 Å². The van der Waals surface area contributed by atoms with Crippen LogP contribution in [-0.4, -0.2) is 60.1 Å². The summed E-state index contributed by atoms with van der Waals surface area (Å²) in [6.07, 6.45) is 4.65. The van der Waals surface area contributed by atoms with E-state index >= 15 is 0 Å². The summed E-state index contributed by atoms with van der Waals surface area (Å²) >= 11 is 0. The summed E-state index contributed by atoms with van der Waals surface area (Å²) in [4.78, 5) is 18.4. The lowest BCUT2D eigenvalue weighted by Gasteiger charge is -2.32. The highest BCUT2D eigenvalue weighted by Crippen LogP contribution is 2.25. The standard InChI is InChI=1S/C28H31FN4O.C15H16O2/c1-34-25-12-8-21(9-13-25)14-17-32-18-15-24(16-19-32)30-28-31-26-4-2-3-5-27(26)33(28)20-22-6-10-23(29)11-7-22;1-11(16)3-4-12-5-6-14-10-15(17-2)8-7-13(14)9-12/h2-13,24H,14-20H2,1H3,(H,30,31);5-10H,3-4H2,1-2H3. The quantitative estimate of drug-likeness (QED) is 0.139. The van der Waals surface area contributed by atoms with Gasteiger partial charge in [0.2, 0.25) is 5.95 Å². The number of hydrogen-bond acceptors (Lipinski definition) is 6. The zero-order valence-electron chi connectivity index (χ0n) is 29.8. The molecule has 1 aliphatic heterocycles. The molecule has 51 heavy (non-hydrogen) atoms. The minimum Gasteiger partial charge on any atom is -0.497 e. The minimum absolute atomic E-state index is 0.212. The number of aromatic nitrogens is 2. The van der Waals surface area contributed by atoms with Crippen molar-refractivity contribution in [1.82, 2.24) is 14.5 Å². The average Bonchev–Trinajstić information content (AvgIpc) is 3.50. The largest absolute Gasteiger partial charge is 0.497 e. The summed E-state index contributed by atoms with van der Waals surface area (Å²) in [5.41, 5.74) is 5.67. The molecule has 264 valence electrons. The van der Waals surface area contributed by atoms with E-state index in [9.17, 15) is 9.18 Å². The number of ether oxygens (including phenoxy) is 2. The smallest absolute Gasteiger partial charge is 0.204 e. The van der Waals surface area contributed by atoms with E-state index in [-0.39, 0.29) is 11.6 Å². The molecule has 1 aromatic heterocycles. The highest BCUT2D eigenvalue weighted by atomic mass is 19.1. The Morgan fingerprint density at radius 1 is 0.784 bits per heavy atom. The van der Waals surface area contributed by atoms with Gasteiger partial charge in [0.1, 0.15) is 23.1 Å². The van der Waals surface area contributed by atoms with Crippen molar-refractivity contribution >= 4 is 33.5 Å². The number of benzene rings is 5. The fourth-order valence-corrected chi connectivity index (χ4v) is 6.56. The van der Waals surface area contributed by atoms with Gasteiger partial charge in [0.05, 0.1) is 31.8 Å². The number of hydrogen-bond donors (Lipinski definition) is 1. The molecule has 0 saturated carbocycles. The van der Waals surface area contributed by atoms with E-state index in [1.54, 1.807) is 21.1 Å². The van der Waals surface area contributed by atoms with Crippen molar-refractivity contribution in [3.63, 3.8) is 0 Å². The molecule has 7 nitrogen and oxygen atoms in total. The summed E-state index contributed by atoms with van der Waals surface area (Å²) in [5, 5.41) is 6.06. The summed E-state index contributed by atoms with van der Waals surface area (Å²) in [7, 11) is 3.37. The Balaban J connectivity index is 0.000000221. The third-order valence-corrected chi connectivity index (χ3v) is 9.58. The second-order valence-corrected chi connectivity index (χ2v) is 13.2. The van der Waals surface area contributed by atoms with Crippen molar-refractivity contribution in [2.24, 2.45) is 0 Å². The highest BCUT2D eigenvalue weighted by molar-refractivity contribution is 5.85. The number of rotatable bonds is 12. The maximum absolute atomic E-state index is 13.4. The number of likely N-dealkylation sites (tertiary alicyclic amines) is 1. The number of piperidine rings is 1. The number of carbonyl (C=O) groups is 1. The fraction of sp³-hybridized carbons (Fsp3) is 0.302. The normalized spacial score (nSPS) is 13.5. The molecule has 5 aromatic carbocycles. The lowest BCUT2D eigenvalue weighted by molar-refractivity contribution is -0.116. The molecule has 2 heterocycles. The van der Waals surface area contributed by atoms with Gasteiger partial charge in [0.15, 0.2) is 0 Å². The SMILES string of the molecule is COc1ccc(CCN2CCC(Nc3nc4ccccc4n3Cc3ccc(F)cc3)CC2)cc1.COc1ccc2cc(CCC(C)=O)ccc2c1. The van der Waals surface area contributed by atoms with E-state index in [4.69, 9.17) is 14.5 Å². The molecule has 1 fully saturated rings. The third kappa shape index (κ3) is 9.73. The van der Waals surface area contributed by atoms with E-state index in [2.05, 4.69) is 51.2 Å². The lowest BCUT2D eigenvalue weighted by Crippen LogP contribution is -2.40. The van der Waals surface area contributed by atoms with Gasteiger partial charge in [-0.1, -0.05) is 60.7 Å². The molecule has 0 unspecified atom stereocenters. The first-order chi connectivity index (χ1) is 24.9. The second-order valence-electron chi connectivity index (χ2n) is 13.2. The van der Waals surface area contributed by atoms with Crippen LogP contribution in [0.3, 0.4) is 0 Å². The molecule has 7 rings (SSSR count). The number of carbonyl (C=O) groups excluding carboxylic acids is 1. The fourth-order valence-electron chi connectivity index (χ4n) is 6.56. The van der Waals surface area contributed by atoms with Gasteiger partial charge in [-0.25, -0.2) is 9.37 Å². The average molecular weight is 687 g/mol. The monoisotopic (exact) mass is 686 g/mol. The number of fused-ring (bicyclic) bond motifs is 2. The Labute approximate surface area is 300 Å². The van der Waals surface area contributed by atoms with Crippen LogP contribution < -0.4 is 14.8 Å². The highest BCUT2D eigenvalue weighted by Gasteiger charge is 2.21. The van der Waals surface area contributed by atoms with Crippen molar-refractivity contribution < 1.29 is 18.7 Å². The Bertz CT molecular complexity index is 2030. The zero-order chi connectivity index (χ0) is 35.6. The first-order valence-corrected chi connectivity index (χ1v) is 17.7. The predicted octanol–water partition coefficient (Wildman–Crippen LogP) is 8.72. The number of anilines is 1. The van der Waals surface area contributed by atoms with E-state index in [1.807, 2.05) is 60.7 Å². The number of imidazole rings is 1. The first kappa shape index (κ1) is 35.6. The predicted molar refractivity (Wildman–Crippen MR) is 205 cm³/mol. The number of halogens is 1. The number of ketones is 1. The van der Waals surface area contributed by atoms with Gasteiger partial charge in [-0.05, 0) is 109 Å².